The summed E-state index contributed by atoms with van der Waals surface area (Å²) in [5.41, 5.74) is 0.688. The van der Waals surface area contributed by atoms with E-state index in [4.69, 9.17) is 0 Å². The van der Waals surface area contributed by atoms with Gasteiger partial charge in [0, 0.05) is 24.2 Å². The average molecular weight is 195 g/mol. The summed E-state index contributed by atoms with van der Waals surface area (Å²) in [5, 5.41) is 12.6. The lowest BCUT2D eigenvalue weighted by Gasteiger charge is -2.14. The Labute approximate surface area is 83.1 Å². The lowest BCUT2D eigenvalue weighted by Crippen LogP contribution is -2.18. The summed E-state index contributed by atoms with van der Waals surface area (Å²) in [7, 11) is 0. The molecule has 1 rings (SSSR count). The summed E-state index contributed by atoms with van der Waals surface area (Å²) in [6.45, 7) is 6.13. The summed E-state index contributed by atoms with van der Waals surface area (Å²) in [4.78, 5) is 0. The van der Waals surface area contributed by atoms with Crippen molar-refractivity contribution < 1.29 is 9.50 Å². The van der Waals surface area contributed by atoms with Gasteiger partial charge < -0.3 is 10.4 Å². The molecule has 76 valence electrons. The van der Waals surface area contributed by atoms with Crippen LogP contribution in [-0.2, 0) is 0 Å². The molecule has 0 spiro atoms. The van der Waals surface area contributed by atoms with Crippen LogP contribution in [0.3, 0.4) is 0 Å². The van der Waals surface area contributed by atoms with E-state index in [1.165, 1.54) is 6.07 Å². The summed E-state index contributed by atoms with van der Waals surface area (Å²) >= 11 is 0. The molecule has 0 bridgehead atoms. The van der Waals surface area contributed by atoms with Crippen LogP contribution in [0.5, 0.6) is 5.75 Å². The van der Waals surface area contributed by atoms with Crippen LogP contribution in [0.25, 0.3) is 0 Å². The second-order valence-corrected chi connectivity index (χ2v) is 3.12. The lowest BCUT2D eigenvalue weighted by atomic mass is 10.1. The van der Waals surface area contributed by atoms with E-state index < -0.39 is 5.82 Å². The van der Waals surface area contributed by atoms with E-state index in [9.17, 15) is 9.50 Å². The minimum atomic E-state index is -0.429. The molecule has 1 unspecified atom stereocenters. The highest BCUT2D eigenvalue weighted by molar-refractivity contribution is 5.34. The van der Waals surface area contributed by atoms with Crippen molar-refractivity contribution in [2.45, 2.75) is 13.0 Å². The third-order valence-corrected chi connectivity index (χ3v) is 2.03. The van der Waals surface area contributed by atoms with Gasteiger partial charge in [0.15, 0.2) is 0 Å². The monoisotopic (exact) mass is 195 g/mol. The first-order valence-corrected chi connectivity index (χ1v) is 4.48. The van der Waals surface area contributed by atoms with Crippen LogP contribution >= 0.6 is 0 Å². The Kier molecular flexibility index (Phi) is 3.65. The fraction of sp³-hybridized carbons (Fsp3) is 0.273. The van der Waals surface area contributed by atoms with Crippen molar-refractivity contribution in [3.05, 3.63) is 42.2 Å². The Morgan fingerprint density at radius 1 is 1.64 bits per heavy atom. The van der Waals surface area contributed by atoms with Gasteiger partial charge in [0.1, 0.15) is 11.6 Å². The first kappa shape index (κ1) is 10.7. The minimum absolute atomic E-state index is 0.0194. The molecule has 0 aliphatic carbocycles. The smallest absolute Gasteiger partial charge is 0.126 e. The van der Waals surface area contributed by atoms with Gasteiger partial charge in [0.25, 0.3) is 0 Å². The third kappa shape index (κ3) is 2.57. The summed E-state index contributed by atoms with van der Waals surface area (Å²) in [6.07, 6.45) is 1.73. The maximum Gasteiger partial charge on any atom is 0.126 e. The van der Waals surface area contributed by atoms with Gasteiger partial charge in [-0.1, -0.05) is 12.1 Å². The van der Waals surface area contributed by atoms with Crippen molar-refractivity contribution in [1.82, 2.24) is 5.32 Å². The van der Waals surface area contributed by atoms with Crippen molar-refractivity contribution in [2.24, 2.45) is 0 Å². The Morgan fingerprint density at radius 2 is 2.36 bits per heavy atom. The highest BCUT2D eigenvalue weighted by atomic mass is 19.1. The van der Waals surface area contributed by atoms with Crippen LogP contribution < -0.4 is 5.32 Å². The number of hydrogen-bond donors (Lipinski definition) is 2. The minimum Gasteiger partial charge on any atom is -0.508 e. The number of benzene rings is 1. The molecule has 0 amide bonds. The maximum absolute atomic E-state index is 12.7. The molecule has 1 atom stereocenters. The molecule has 0 aromatic heterocycles. The van der Waals surface area contributed by atoms with Gasteiger partial charge in [-0.15, -0.1) is 6.58 Å². The zero-order valence-corrected chi connectivity index (χ0v) is 8.13. The fourth-order valence-electron chi connectivity index (χ4n) is 1.25. The van der Waals surface area contributed by atoms with E-state index in [0.29, 0.717) is 12.1 Å². The fourth-order valence-corrected chi connectivity index (χ4v) is 1.25. The van der Waals surface area contributed by atoms with Gasteiger partial charge in [-0.3, -0.25) is 0 Å². The summed E-state index contributed by atoms with van der Waals surface area (Å²) in [6, 6.07) is 4.00. The standard InChI is InChI=1S/C11H14FNO/c1-3-6-13-8(2)10-5-4-9(12)7-11(10)14/h3-5,7-8,13-14H,1,6H2,2H3. The van der Waals surface area contributed by atoms with Gasteiger partial charge in [-0.05, 0) is 13.0 Å². The molecule has 0 aliphatic heterocycles. The number of phenolic OH excluding ortho intramolecular Hbond substituents is 1. The number of halogens is 1. The van der Waals surface area contributed by atoms with E-state index in [2.05, 4.69) is 11.9 Å². The van der Waals surface area contributed by atoms with Crippen LogP contribution in [0.15, 0.2) is 30.9 Å². The molecule has 0 saturated heterocycles. The number of rotatable bonds is 4. The normalized spacial score (nSPS) is 12.4. The van der Waals surface area contributed by atoms with Crippen molar-refractivity contribution >= 4 is 0 Å². The Morgan fingerprint density at radius 3 is 2.93 bits per heavy atom. The second-order valence-electron chi connectivity index (χ2n) is 3.12. The topological polar surface area (TPSA) is 32.3 Å². The molecule has 1 aromatic carbocycles. The van der Waals surface area contributed by atoms with Gasteiger partial charge >= 0.3 is 0 Å². The van der Waals surface area contributed by atoms with Crippen molar-refractivity contribution in [1.29, 1.82) is 0 Å². The van der Waals surface area contributed by atoms with Crippen LogP contribution in [0.2, 0.25) is 0 Å². The number of aromatic hydroxyl groups is 1. The molecule has 0 heterocycles. The highest BCUT2D eigenvalue weighted by Gasteiger charge is 2.09. The maximum atomic E-state index is 12.7. The summed E-state index contributed by atoms with van der Waals surface area (Å²) in [5.74, 6) is -0.448. The van der Waals surface area contributed by atoms with E-state index in [1.54, 1.807) is 12.1 Å². The van der Waals surface area contributed by atoms with Crippen molar-refractivity contribution in [3.63, 3.8) is 0 Å². The van der Waals surface area contributed by atoms with Crippen LogP contribution in [0, 0.1) is 5.82 Å². The third-order valence-electron chi connectivity index (χ3n) is 2.03. The molecule has 0 aliphatic rings. The molecule has 2 nitrogen and oxygen atoms in total. The van der Waals surface area contributed by atoms with Gasteiger partial charge in [0.05, 0.1) is 0 Å². The Bertz CT molecular complexity index is 325. The lowest BCUT2D eigenvalue weighted by molar-refractivity contribution is 0.450. The molecule has 1 aromatic rings. The first-order valence-electron chi connectivity index (χ1n) is 4.48. The van der Waals surface area contributed by atoms with E-state index in [1.807, 2.05) is 6.92 Å². The van der Waals surface area contributed by atoms with Crippen LogP contribution in [0.4, 0.5) is 4.39 Å². The molecule has 14 heavy (non-hydrogen) atoms. The average Bonchev–Trinajstić information content (AvgIpc) is 2.14. The molecular formula is C11H14FNO. The zero-order valence-electron chi connectivity index (χ0n) is 8.13. The van der Waals surface area contributed by atoms with Crippen LogP contribution in [-0.4, -0.2) is 11.7 Å². The highest BCUT2D eigenvalue weighted by Crippen LogP contribution is 2.24. The molecule has 0 radical (unpaired) electrons. The predicted molar refractivity (Wildman–Crippen MR) is 54.7 cm³/mol. The van der Waals surface area contributed by atoms with Gasteiger partial charge in [0.2, 0.25) is 0 Å². The molecule has 0 saturated carbocycles. The quantitative estimate of drug-likeness (QED) is 0.723. The van der Waals surface area contributed by atoms with E-state index in [0.717, 1.165) is 6.07 Å². The molecule has 3 heteroatoms. The largest absolute Gasteiger partial charge is 0.508 e. The van der Waals surface area contributed by atoms with Crippen molar-refractivity contribution in [3.8, 4) is 5.75 Å². The molecule has 2 N–H and O–H groups in total. The van der Waals surface area contributed by atoms with Crippen molar-refractivity contribution in [2.75, 3.05) is 6.54 Å². The second kappa shape index (κ2) is 4.77. The van der Waals surface area contributed by atoms with E-state index >= 15 is 0 Å². The zero-order chi connectivity index (χ0) is 10.6. The molecule has 0 fully saturated rings. The van der Waals surface area contributed by atoms with Gasteiger partial charge in [-0.25, -0.2) is 4.39 Å². The first-order chi connectivity index (χ1) is 6.65. The predicted octanol–water partition coefficient (Wildman–Crippen LogP) is 2.37. The van der Waals surface area contributed by atoms with Crippen LogP contribution in [0.1, 0.15) is 18.5 Å². The Hall–Kier alpha value is -1.35. The number of phenols is 1. The van der Waals surface area contributed by atoms with E-state index in [-0.39, 0.29) is 11.8 Å². The summed E-state index contributed by atoms with van der Waals surface area (Å²) < 4.78 is 12.7. The molecular weight excluding hydrogens is 181 g/mol. The number of hydrogen-bond acceptors (Lipinski definition) is 2. The number of nitrogens with one attached hydrogen (secondary N) is 1. The SMILES string of the molecule is C=CCNC(C)c1ccc(F)cc1O. The Balaban J connectivity index is 2.78. The van der Waals surface area contributed by atoms with Gasteiger partial charge in [-0.2, -0.15) is 0 Å².